The predicted molar refractivity (Wildman–Crippen MR) is 145 cm³/mol. The van der Waals surface area contributed by atoms with Crippen LogP contribution in [-0.4, -0.2) is 27.2 Å². The van der Waals surface area contributed by atoms with Crippen LogP contribution in [-0.2, 0) is 11.3 Å². The Kier molecular flexibility index (Phi) is 8.07. The molecular formula is C30H21F3N4O3. The van der Waals surface area contributed by atoms with Crippen LogP contribution in [0, 0.1) is 11.3 Å². The summed E-state index contributed by atoms with van der Waals surface area (Å²) >= 11 is 0. The fourth-order valence-electron chi connectivity index (χ4n) is 4.05. The lowest BCUT2D eigenvalue weighted by Gasteiger charge is -2.14. The average Bonchev–Trinajstić information content (AvgIpc) is 2.97. The number of aliphatic carboxylic acids is 1. The molecule has 0 spiro atoms. The average molecular weight is 543 g/mol. The van der Waals surface area contributed by atoms with Crippen molar-refractivity contribution in [3.8, 4) is 39.6 Å². The lowest BCUT2D eigenvalue weighted by Crippen LogP contribution is -2.21. The number of aromatic amines is 1. The molecule has 4 N–H and O–H groups in total. The van der Waals surface area contributed by atoms with Gasteiger partial charge in [0.1, 0.15) is 0 Å². The maximum atomic E-state index is 12.9. The maximum Gasteiger partial charge on any atom is 0.490 e. The Hall–Kier alpha value is -5.27. The smallest absolute Gasteiger partial charge is 0.475 e. The van der Waals surface area contributed by atoms with E-state index < -0.39 is 12.1 Å². The third-order valence-corrected chi connectivity index (χ3v) is 6.00. The van der Waals surface area contributed by atoms with Crippen LogP contribution >= 0.6 is 0 Å². The van der Waals surface area contributed by atoms with Crippen molar-refractivity contribution in [2.24, 2.45) is 5.73 Å². The van der Waals surface area contributed by atoms with Crippen LogP contribution in [0.2, 0.25) is 0 Å². The second-order valence-electron chi connectivity index (χ2n) is 8.54. The van der Waals surface area contributed by atoms with Gasteiger partial charge in [-0.25, -0.2) is 9.78 Å². The first-order valence-corrected chi connectivity index (χ1v) is 11.8. The number of alkyl halides is 3. The van der Waals surface area contributed by atoms with Gasteiger partial charge in [0.2, 0.25) is 0 Å². The van der Waals surface area contributed by atoms with E-state index in [1.165, 1.54) is 0 Å². The Morgan fingerprint density at radius 3 is 2.15 bits per heavy atom. The highest BCUT2D eigenvalue weighted by Gasteiger charge is 2.38. The Labute approximate surface area is 226 Å². The van der Waals surface area contributed by atoms with E-state index in [9.17, 15) is 23.2 Å². The number of rotatable bonds is 4. The third-order valence-electron chi connectivity index (χ3n) is 6.00. The first-order valence-electron chi connectivity index (χ1n) is 11.8. The Morgan fingerprint density at radius 1 is 0.925 bits per heavy atom. The van der Waals surface area contributed by atoms with Crippen LogP contribution in [0.1, 0.15) is 11.1 Å². The summed E-state index contributed by atoms with van der Waals surface area (Å²) in [4.78, 5) is 29.6. The number of fused-ring (bicyclic) bond motifs is 1. The number of hydrogen-bond acceptors (Lipinski definition) is 5. The van der Waals surface area contributed by atoms with Crippen LogP contribution in [0.3, 0.4) is 0 Å². The molecular weight excluding hydrogens is 521 g/mol. The van der Waals surface area contributed by atoms with Gasteiger partial charge in [-0.2, -0.15) is 18.4 Å². The van der Waals surface area contributed by atoms with E-state index in [4.69, 9.17) is 20.6 Å². The zero-order valence-corrected chi connectivity index (χ0v) is 20.7. The van der Waals surface area contributed by atoms with E-state index in [2.05, 4.69) is 11.1 Å². The highest BCUT2D eigenvalue weighted by Crippen LogP contribution is 2.36. The lowest BCUT2D eigenvalue weighted by atomic mass is 9.95. The Morgan fingerprint density at radius 2 is 1.55 bits per heavy atom. The molecule has 0 amide bonds. The molecule has 200 valence electrons. The summed E-state index contributed by atoms with van der Waals surface area (Å²) in [6.07, 6.45) is -3.45. The van der Waals surface area contributed by atoms with Crippen molar-refractivity contribution in [3.63, 3.8) is 0 Å². The summed E-state index contributed by atoms with van der Waals surface area (Å²) in [6.45, 7) is 0.460. The number of carboxylic acids is 1. The maximum absolute atomic E-state index is 12.9. The summed E-state index contributed by atoms with van der Waals surface area (Å²) < 4.78 is 31.7. The molecule has 0 fully saturated rings. The second kappa shape index (κ2) is 11.6. The third kappa shape index (κ3) is 5.90. The van der Waals surface area contributed by atoms with E-state index in [1.54, 1.807) is 12.3 Å². The molecule has 2 aromatic heterocycles. The van der Waals surface area contributed by atoms with Gasteiger partial charge in [0.05, 0.1) is 28.2 Å². The van der Waals surface area contributed by atoms with Crippen LogP contribution in [0.15, 0.2) is 95.9 Å². The van der Waals surface area contributed by atoms with Gasteiger partial charge in [-0.05, 0) is 23.3 Å². The summed E-state index contributed by atoms with van der Waals surface area (Å²) in [6, 6.07) is 29.3. The highest BCUT2D eigenvalue weighted by atomic mass is 19.4. The van der Waals surface area contributed by atoms with Crippen molar-refractivity contribution in [2.75, 3.05) is 0 Å². The largest absolute Gasteiger partial charge is 0.490 e. The Bertz CT molecular complexity index is 1780. The molecule has 7 nitrogen and oxygen atoms in total. The number of H-pyrrole nitrogens is 1. The van der Waals surface area contributed by atoms with Crippen molar-refractivity contribution in [1.82, 2.24) is 9.97 Å². The molecule has 0 saturated carbocycles. The predicted octanol–water partition coefficient (Wildman–Crippen LogP) is 5.89. The fraction of sp³-hybridized carbons (Fsp3) is 0.0667. The zero-order chi connectivity index (χ0) is 28.9. The second-order valence-corrected chi connectivity index (χ2v) is 8.54. The number of carbonyl (C=O) groups is 1. The summed E-state index contributed by atoms with van der Waals surface area (Å²) in [5.41, 5.74) is 12.6. The number of benzene rings is 3. The van der Waals surface area contributed by atoms with Crippen molar-refractivity contribution < 1.29 is 23.1 Å². The number of nitriles is 1. The molecule has 10 heteroatoms. The van der Waals surface area contributed by atoms with Gasteiger partial charge in [0.15, 0.2) is 0 Å². The van der Waals surface area contributed by atoms with E-state index >= 15 is 0 Å². The number of nitrogens with zero attached hydrogens (tertiary/aromatic N) is 2. The summed E-state index contributed by atoms with van der Waals surface area (Å²) in [5, 5.41) is 17.2. The normalized spacial score (nSPS) is 10.9. The van der Waals surface area contributed by atoms with Crippen LogP contribution < -0.4 is 11.3 Å². The number of carboxylic acid groups (broad SMARTS) is 1. The SMILES string of the molecule is N#Cc1ccccc1-c1c[nH]c(=O)c2cc(-c3ccccc3)c(-c3ccc(CN)cc3)nc12.O=C(O)C(F)(F)F. The van der Waals surface area contributed by atoms with Gasteiger partial charge in [-0.3, -0.25) is 4.79 Å². The minimum atomic E-state index is -5.08. The number of aromatic nitrogens is 2. The van der Waals surface area contributed by atoms with Gasteiger partial charge >= 0.3 is 12.1 Å². The summed E-state index contributed by atoms with van der Waals surface area (Å²) in [5.74, 6) is -2.76. The molecule has 0 aliphatic rings. The molecule has 2 heterocycles. The highest BCUT2D eigenvalue weighted by molar-refractivity contribution is 5.99. The van der Waals surface area contributed by atoms with E-state index in [1.807, 2.05) is 78.9 Å². The minimum absolute atomic E-state index is 0.224. The lowest BCUT2D eigenvalue weighted by molar-refractivity contribution is -0.192. The first-order chi connectivity index (χ1) is 19.1. The Balaban J connectivity index is 0.000000470. The molecule has 3 aromatic carbocycles. The van der Waals surface area contributed by atoms with Crippen LogP contribution in [0.5, 0.6) is 0 Å². The quantitative estimate of drug-likeness (QED) is 0.259. The fourth-order valence-corrected chi connectivity index (χ4v) is 4.05. The molecule has 5 aromatic rings. The standard InChI is InChI=1S/C28H20N4O.C2HF3O2/c29-15-18-10-12-20(13-11-18)26-23(19-6-2-1-3-7-19)14-24-27(32-26)25(17-31-28(24)33)22-9-5-4-8-21(22)16-30;3-2(4,5)1(6)7/h1-14,17H,15,29H2,(H,31,33);(H,6,7). The number of hydrogen-bond donors (Lipinski definition) is 3. The number of nitrogens with two attached hydrogens (primary N) is 1. The minimum Gasteiger partial charge on any atom is -0.475 e. The number of halogens is 3. The van der Waals surface area contributed by atoms with E-state index in [0.717, 1.165) is 33.5 Å². The van der Waals surface area contributed by atoms with E-state index in [0.29, 0.717) is 28.6 Å². The van der Waals surface area contributed by atoms with Crippen molar-refractivity contribution >= 4 is 16.9 Å². The zero-order valence-electron chi connectivity index (χ0n) is 20.7. The monoisotopic (exact) mass is 542 g/mol. The molecule has 0 radical (unpaired) electrons. The van der Waals surface area contributed by atoms with Crippen molar-refractivity contribution in [3.05, 3.63) is 113 Å². The van der Waals surface area contributed by atoms with E-state index in [-0.39, 0.29) is 5.56 Å². The molecule has 0 aliphatic carbocycles. The first kappa shape index (κ1) is 27.8. The molecule has 0 aliphatic heterocycles. The number of pyridine rings is 2. The van der Waals surface area contributed by atoms with Gasteiger partial charge in [0.25, 0.3) is 5.56 Å². The van der Waals surface area contributed by atoms with Crippen molar-refractivity contribution in [1.29, 1.82) is 5.26 Å². The number of nitrogens with one attached hydrogen (secondary N) is 1. The van der Waals surface area contributed by atoms with Gasteiger partial charge < -0.3 is 15.8 Å². The van der Waals surface area contributed by atoms with Crippen molar-refractivity contribution in [2.45, 2.75) is 12.7 Å². The summed E-state index contributed by atoms with van der Waals surface area (Å²) in [7, 11) is 0. The molecule has 5 rings (SSSR count). The molecule has 0 atom stereocenters. The van der Waals surface area contributed by atoms with Gasteiger partial charge in [-0.1, -0.05) is 72.8 Å². The molecule has 0 saturated heterocycles. The topological polar surface area (TPSA) is 133 Å². The van der Waals surface area contributed by atoms with Gasteiger partial charge in [0, 0.05) is 35.0 Å². The van der Waals surface area contributed by atoms with Crippen LogP contribution in [0.25, 0.3) is 44.4 Å². The molecule has 40 heavy (non-hydrogen) atoms. The molecule has 0 bridgehead atoms. The van der Waals surface area contributed by atoms with Crippen LogP contribution in [0.4, 0.5) is 13.2 Å². The van der Waals surface area contributed by atoms with Gasteiger partial charge in [-0.15, -0.1) is 0 Å². The molecule has 0 unspecified atom stereocenters.